The van der Waals surface area contributed by atoms with Gasteiger partial charge in [-0.3, -0.25) is 0 Å². The molecule has 0 unspecified atom stereocenters. The number of halogens is 1. The average Bonchev–Trinajstić information content (AvgIpc) is 2.87. The van der Waals surface area contributed by atoms with Crippen molar-refractivity contribution in [2.24, 2.45) is 0 Å². The van der Waals surface area contributed by atoms with E-state index in [0.29, 0.717) is 27.8 Å². The summed E-state index contributed by atoms with van der Waals surface area (Å²) in [6, 6.07) is 16.5. The molecule has 0 atom stereocenters. The first kappa shape index (κ1) is 22.0. The van der Waals surface area contributed by atoms with E-state index in [2.05, 4.69) is 10.6 Å². The standard InChI is InChI=1S/C27H23ClNO5/c1-31-23-9-6-17-12-22-20-14-25(33-3)24(32-2)13-18(20)10-11-29(22)15-21(17)26(23)34-27(30)16-4-7-19(28)8-5-16/h4-9,12-15H,10-11H2,1-3H3/q+1. The van der Waals surface area contributed by atoms with Gasteiger partial charge >= 0.3 is 5.97 Å². The maximum Gasteiger partial charge on any atom is 0.343 e. The number of hydrogen-bond acceptors (Lipinski definition) is 5. The highest BCUT2D eigenvalue weighted by atomic mass is 35.5. The van der Waals surface area contributed by atoms with E-state index in [9.17, 15) is 4.79 Å². The Morgan fingerprint density at radius 3 is 2.29 bits per heavy atom. The molecule has 6 nitrogen and oxygen atoms in total. The number of esters is 1. The third-order valence-corrected chi connectivity index (χ3v) is 6.33. The number of carbonyl (C=O) groups is 1. The first-order chi connectivity index (χ1) is 16.5. The Balaban J connectivity index is 1.62. The van der Waals surface area contributed by atoms with E-state index in [4.69, 9.17) is 30.5 Å². The predicted molar refractivity (Wildman–Crippen MR) is 129 cm³/mol. The highest BCUT2D eigenvalue weighted by molar-refractivity contribution is 6.30. The van der Waals surface area contributed by atoms with E-state index >= 15 is 0 Å². The van der Waals surface area contributed by atoms with Gasteiger partial charge in [0, 0.05) is 17.5 Å². The summed E-state index contributed by atoms with van der Waals surface area (Å²) in [6.07, 6.45) is 2.85. The summed E-state index contributed by atoms with van der Waals surface area (Å²) < 4.78 is 24.5. The third-order valence-electron chi connectivity index (χ3n) is 6.08. The lowest BCUT2D eigenvalue weighted by Crippen LogP contribution is -2.40. The summed E-state index contributed by atoms with van der Waals surface area (Å²) in [6.45, 7) is 0.773. The fraction of sp³-hybridized carbons (Fsp3) is 0.185. The molecule has 2 heterocycles. The molecule has 1 aliphatic heterocycles. The highest BCUT2D eigenvalue weighted by Gasteiger charge is 2.28. The van der Waals surface area contributed by atoms with Crippen molar-refractivity contribution in [1.82, 2.24) is 0 Å². The highest BCUT2D eigenvalue weighted by Crippen LogP contribution is 2.40. The summed E-state index contributed by atoms with van der Waals surface area (Å²) in [5.74, 6) is 1.79. The Kier molecular flexibility index (Phi) is 5.75. The number of aryl methyl sites for hydroxylation is 2. The van der Waals surface area contributed by atoms with E-state index in [1.165, 1.54) is 5.56 Å². The molecular weight excluding hydrogens is 454 g/mol. The number of pyridine rings is 1. The van der Waals surface area contributed by atoms with Gasteiger partial charge in [-0.1, -0.05) is 11.6 Å². The fourth-order valence-corrected chi connectivity index (χ4v) is 4.46. The molecule has 0 N–H and O–H groups in total. The zero-order chi connectivity index (χ0) is 23.8. The molecule has 0 fully saturated rings. The quantitative estimate of drug-likeness (QED) is 0.224. The van der Waals surface area contributed by atoms with Crippen molar-refractivity contribution in [1.29, 1.82) is 0 Å². The minimum atomic E-state index is -0.479. The monoisotopic (exact) mass is 476 g/mol. The molecule has 0 spiro atoms. The summed E-state index contributed by atoms with van der Waals surface area (Å²) in [5, 5.41) is 2.26. The largest absolute Gasteiger partial charge is 0.493 e. The molecule has 3 aromatic carbocycles. The number of ether oxygens (including phenoxy) is 4. The molecule has 7 heteroatoms. The zero-order valence-corrected chi connectivity index (χ0v) is 19.8. The van der Waals surface area contributed by atoms with Crippen LogP contribution in [0.5, 0.6) is 23.0 Å². The van der Waals surface area contributed by atoms with Crippen LogP contribution in [-0.4, -0.2) is 27.3 Å². The second-order valence-corrected chi connectivity index (χ2v) is 8.40. The topological polar surface area (TPSA) is 57.9 Å². The van der Waals surface area contributed by atoms with Gasteiger partial charge in [0.1, 0.15) is 0 Å². The molecule has 0 amide bonds. The Morgan fingerprint density at radius 2 is 1.59 bits per heavy atom. The summed E-state index contributed by atoms with van der Waals surface area (Å²) in [4.78, 5) is 12.9. The smallest absolute Gasteiger partial charge is 0.343 e. The number of hydrogen-bond donors (Lipinski definition) is 0. The second-order valence-electron chi connectivity index (χ2n) is 7.96. The lowest BCUT2D eigenvalue weighted by Gasteiger charge is -2.19. The van der Waals surface area contributed by atoms with Crippen LogP contribution < -0.4 is 23.5 Å². The molecule has 0 saturated carbocycles. The van der Waals surface area contributed by atoms with Gasteiger partial charge < -0.3 is 18.9 Å². The van der Waals surface area contributed by atoms with Crippen LogP contribution in [0.15, 0.2) is 60.8 Å². The Morgan fingerprint density at radius 1 is 0.882 bits per heavy atom. The summed E-state index contributed by atoms with van der Waals surface area (Å²) in [7, 11) is 4.83. The summed E-state index contributed by atoms with van der Waals surface area (Å²) in [5.41, 5.74) is 3.74. The molecule has 0 radical (unpaired) electrons. The van der Waals surface area contributed by atoms with Crippen LogP contribution in [0.25, 0.3) is 22.0 Å². The third kappa shape index (κ3) is 3.80. The van der Waals surface area contributed by atoms with Gasteiger partial charge in [-0.2, -0.15) is 4.57 Å². The first-order valence-electron chi connectivity index (χ1n) is 10.8. The van der Waals surface area contributed by atoms with Crippen molar-refractivity contribution < 1.29 is 28.3 Å². The molecule has 34 heavy (non-hydrogen) atoms. The SMILES string of the molecule is COc1cc2c(cc1OC)-c1cc3ccc(OC)c(OC(=O)c4ccc(Cl)cc4)c3c[n+]1CC2. The molecule has 0 aliphatic carbocycles. The van der Waals surface area contributed by atoms with Crippen LogP contribution in [-0.2, 0) is 13.0 Å². The van der Waals surface area contributed by atoms with Crippen LogP contribution >= 0.6 is 11.6 Å². The molecular formula is C27H23ClNO5+. The predicted octanol–water partition coefficient (Wildman–Crippen LogP) is 5.25. The maximum atomic E-state index is 12.9. The molecule has 5 rings (SSSR count). The number of benzene rings is 3. The van der Waals surface area contributed by atoms with Crippen LogP contribution in [0.3, 0.4) is 0 Å². The number of carbonyl (C=O) groups excluding carboxylic acids is 1. The lowest BCUT2D eigenvalue weighted by molar-refractivity contribution is -0.686. The van der Waals surface area contributed by atoms with Crippen molar-refractivity contribution in [2.75, 3.05) is 21.3 Å². The molecule has 4 aromatic rings. The summed E-state index contributed by atoms with van der Waals surface area (Å²) >= 11 is 5.95. The van der Waals surface area contributed by atoms with Gasteiger partial charge in [0.15, 0.2) is 35.7 Å². The van der Waals surface area contributed by atoms with E-state index in [0.717, 1.165) is 40.7 Å². The minimum Gasteiger partial charge on any atom is -0.493 e. The first-order valence-corrected chi connectivity index (χ1v) is 11.2. The maximum absolute atomic E-state index is 12.9. The van der Waals surface area contributed by atoms with Gasteiger partial charge in [0.2, 0.25) is 5.69 Å². The second kappa shape index (κ2) is 8.88. The van der Waals surface area contributed by atoms with Crippen LogP contribution in [0.2, 0.25) is 5.02 Å². The minimum absolute atomic E-state index is 0.383. The van der Waals surface area contributed by atoms with Gasteiger partial charge in [0.05, 0.1) is 37.8 Å². The van der Waals surface area contributed by atoms with Crippen LogP contribution in [0, 0.1) is 0 Å². The van der Waals surface area contributed by atoms with Gasteiger partial charge in [0.25, 0.3) is 0 Å². The van der Waals surface area contributed by atoms with E-state index in [1.807, 2.05) is 30.5 Å². The van der Waals surface area contributed by atoms with Gasteiger partial charge in [-0.15, -0.1) is 0 Å². The normalized spacial score (nSPS) is 12.0. The van der Waals surface area contributed by atoms with Crippen molar-refractivity contribution in [3.05, 3.63) is 76.9 Å². The average molecular weight is 477 g/mol. The number of methoxy groups -OCH3 is 3. The van der Waals surface area contributed by atoms with Crippen molar-refractivity contribution in [3.63, 3.8) is 0 Å². The van der Waals surface area contributed by atoms with Crippen molar-refractivity contribution in [2.45, 2.75) is 13.0 Å². The lowest BCUT2D eigenvalue weighted by atomic mass is 9.95. The van der Waals surface area contributed by atoms with E-state index < -0.39 is 5.97 Å². The Bertz CT molecular complexity index is 1420. The fourth-order valence-electron chi connectivity index (χ4n) is 4.34. The number of nitrogens with zero attached hydrogens (tertiary/aromatic N) is 1. The van der Waals surface area contributed by atoms with Crippen LogP contribution in [0.4, 0.5) is 0 Å². The van der Waals surface area contributed by atoms with E-state index in [1.54, 1.807) is 45.6 Å². The van der Waals surface area contributed by atoms with Crippen molar-refractivity contribution in [3.8, 4) is 34.3 Å². The Hall–Kier alpha value is -3.77. The molecule has 1 aromatic heterocycles. The van der Waals surface area contributed by atoms with Gasteiger partial charge in [-0.25, -0.2) is 4.79 Å². The van der Waals surface area contributed by atoms with Crippen LogP contribution in [0.1, 0.15) is 15.9 Å². The van der Waals surface area contributed by atoms with Gasteiger partial charge in [-0.05, 0) is 59.5 Å². The molecule has 0 bridgehead atoms. The number of fused-ring (bicyclic) bond motifs is 4. The number of aromatic nitrogens is 1. The molecule has 0 saturated heterocycles. The van der Waals surface area contributed by atoms with Crippen molar-refractivity contribution >= 4 is 28.3 Å². The van der Waals surface area contributed by atoms with E-state index in [-0.39, 0.29) is 0 Å². The molecule has 172 valence electrons. The Labute approximate surface area is 202 Å². The zero-order valence-electron chi connectivity index (χ0n) is 19.1. The molecule has 1 aliphatic rings. The number of rotatable bonds is 5.